The zero-order valence-corrected chi connectivity index (χ0v) is 7.85. The summed E-state index contributed by atoms with van der Waals surface area (Å²) in [4.78, 5) is 11.2. The Hall–Kier alpha value is -2.17. The fourth-order valence-electron chi connectivity index (χ4n) is 1.38. The highest BCUT2D eigenvalue weighted by Crippen LogP contribution is 2.34. The van der Waals surface area contributed by atoms with E-state index >= 15 is 0 Å². The van der Waals surface area contributed by atoms with Crippen molar-refractivity contribution in [1.82, 2.24) is 0 Å². The maximum absolute atomic E-state index is 11.2. The summed E-state index contributed by atoms with van der Waals surface area (Å²) >= 11 is 0. The topological polar surface area (TPSA) is 79.9 Å². The lowest BCUT2D eigenvalue weighted by molar-refractivity contribution is 0.355. The van der Waals surface area contributed by atoms with E-state index in [9.17, 15) is 15.0 Å². The minimum Gasteiger partial charge on any atom is -0.504 e. The van der Waals surface area contributed by atoms with Gasteiger partial charge in [-0.25, -0.2) is 4.79 Å². The number of benzene rings is 1. The maximum Gasteiger partial charge on any atom is 0.382 e. The van der Waals surface area contributed by atoms with Crippen LogP contribution in [0.4, 0.5) is 0 Å². The summed E-state index contributed by atoms with van der Waals surface area (Å²) < 4.78 is 9.60. The van der Waals surface area contributed by atoms with E-state index in [1.165, 1.54) is 13.2 Å². The zero-order valence-electron chi connectivity index (χ0n) is 7.85. The number of hydrogen-bond acceptors (Lipinski definition) is 5. The predicted molar refractivity (Wildman–Crippen MR) is 52.4 cm³/mol. The van der Waals surface area contributed by atoms with Gasteiger partial charge in [-0.05, 0) is 12.1 Å². The van der Waals surface area contributed by atoms with E-state index < -0.39 is 11.4 Å². The molecule has 78 valence electrons. The van der Waals surface area contributed by atoms with Crippen molar-refractivity contribution < 1.29 is 19.4 Å². The molecule has 0 saturated heterocycles. The Morgan fingerprint density at radius 3 is 2.73 bits per heavy atom. The Bertz CT molecular complexity index is 570. The average Bonchev–Trinajstić information content (AvgIpc) is 2.22. The number of hydrogen-bond donors (Lipinski definition) is 2. The molecule has 1 heterocycles. The summed E-state index contributed by atoms with van der Waals surface area (Å²) in [6, 6.07) is 4.50. The number of methoxy groups -OCH3 is 1. The molecule has 0 saturated carbocycles. The van der Waals surface area contributed by atoms with Gasteiger partial charge in [-0.3, -0.25) is 0 Å². The van der Waals surface area contributed by atoms with E-state index in [0.29, 0.717) is 5.39 Å². The highest BCUT2D eigenvalue weighted by molar-refractivity contribution is 5.89. The number of ether oxygens (including phenoxy) is 1. The summed E-state index contributed by atoms with van der Waals surface area (Å²) in [5.41, 5.74) is -0.946. The zero-order chi connectivity index (χ0) is 11.0. The molecule has 1 aromatic carbocycles. The Labute approximate surface area is 84.1 Å². The van der Waals surface area contributed by atoms with Crippen LogP contribution in [0.2, 0.25) is 0 Å². The Morgan fingerprint density at radius 1 is 1.33 bits per heavy atom. The molecule has 0 aliphatic rings. The molecule has 5 heteroatoms. The van der Waals surface area contributed by atoms with Crippen LogP contribution in [0.15, 0.2) is 27.4 Å². The molecule has 5 nitrogen and oxygen atoms in total. The molecule has 15 heavy (non-hydrogen) atoms. The lowest BCUT2D eigenvalue weighted by Crippen LogP contribution is -2.01. The highest BCUT2D eigenvalue weighted by atomic mass is 16.5. The van der Waals surface area contributed by atoms with Crippen molar-refractivity contribution in [3.63, 3.8) is 0 Å². The fourth-order valence-corrected chi connectivity index (χ4v) is 1.38. The molecule has 0 fully saturated rings. The van der Waals surface area contributed by atoms with Gasteiger partial charge < -0.3 is 19.4 Å². The standard InChI is InChI=1S/C10H8O5/c1-14-9-5-3-2-4-6(11)8(5)15-10(13)7(9)12/h2-4,11-12H,1H3. The van der Waals surface area contributed by atoms with E-state index in [4.69, 9.17) is 9.15 Å². The maximum atomic E-state index is 11.2. The van der Waals surface area contributed by atoms with E-state index in [0.717, 1.165) is 0 Å². The molecule has 0 atom stereocenters. The SMILES string of the molecule is COc1c(O)c(=O)oc2c(O)cccc12. The first-order chi connectivity index (χ1) is 7.15. The second-order valence-electron chi connectivity index (χ2n) is 2.93. The highest BCUT2D eigenvalue weighted by Gasteiger charge is 2.15. The largest absolute Gasteiger partial charge is 0.504 e. The van der Waals surface area contributed by atoms with Gasteiger partial charge in [0, 0.05) is 0 Å². The van der Waals surface area contributed by atoms with Crippen molar-refractivity contribution in [2.75, 3.05) is 7.11 Å². The monoisotopic (exact) mass is 208 g/mol. The van der Waals surface area contributed by atoms with Crippen LogP contribution in [0.1, 0.15) is 0 Å². The molecule has 0 radical (unpaired) electrons. The summed E-state index contributed by atoms with van der Waals surface area (Å²) in [7, 11) is 1.32. The molecule has 0 aliphatic carbocycles. The van der Waals surface area contributed by atoms with Crippen LogP contribution in [0.25, 0.3) is 11.0 Å². The van der Waals surface area contributed by atoms with Crippen molar-refractivity contribution in [1.29, 1.82) is 0 Å². The molecular weight excluding hydrogens is 200 g/mol. The first-order valence-electron chi connectivity index (χ1n) is 4.17. The first kappa shape index (κ1) is 9.39. The van der Waals surface area contributed by atoms with Gasteiger partial charge in [-0.15, -0.1) is 0 Å². The van der Waals surface area contributed by atoms with Gasteiger partial charge in [0.15, 0.2) is 17.1 Å². The normalized spacial score (nSPS) is 10.5. The Kier molecular flexibility index (Phi) is 2.00. The third kappa shape index (κ3) is 1.28. The second kappa shape index (κ2) is 3.20. The second-order valence-corrected chi connectivity index (χ2v) is 2.93. The Morgan fingerprint density at radius 2 is 2.07 bits per heavy atom. The number of aromatic hydroxyl groups is 2. The van der Waals surface area contributed by atoms with Gasteiger partial charge in [0.2, 0.25) is 5.75 Å². The smallest absolute Gasteiger partial charge is 0.382 e. The quantitative estimate of drug-likeness (QED) is 0.688. The van der Waals surface area contributed by atoms with Gasteiger partial charge in [-0.1, -0.05) is 6.07 Å². The molecule has 2 rings (SSSR count). The Balaban J connectivity index is 3.01. The molecule has 0 bridgehead atoms. The van der Waals surface area contributed by atoms with Crippen LogP contribution in [-0.2, 0) is 0 Å². The van der Waals surface area contributed by atoms with Gasteiger partial charge in [0.05, 0.1) is 12.5 Å². The van der Waals surface area contributed by atoms with Gasteiger partial charge in [-0.2, -0.15) is 0 Å². The van der Waals surface area contributed by atoms with Crippen LogP contribution >= 0.6 is 0 Å². The van der Waals surface area contributed by atoms with Gasteiger partial charge in [0.1, 0.15) is 0 Å². The van der Waals surface area contributed by atoms with Gasteiger partial charge >= 0.3 is 5.63 Å². The molecule has 0 aliphatic heterocycles. The summed E-state index contributed by atoms with van der Waals surface area (Å²) in [6.07, 6.45) is 0. The molecule has 2 aromatic rings. The number of phenols is 1. The lowest BCUT2D eigenvalue weighted by atomic mass is 10.2. The summed E-state index contributed by atoms with van der Waals surface area (Å²) in [5, 5.41) is 19.2. The first-order valence-corrected chi connectivity index (χ1v) is 4.17. The van der Waals surface area contributed by atoms with Crippen molar-refractivity contribution >= 4 is 11.0 Å². The van der Waals surface area contributed by atoms with E-state index in [1.54, 1.807) is 12.1 Å². The van der Waals surface area contributed by atoms with E-state index in [-0.39, 0.29) is 17.1 Å². The average molecular weight is 208 g/mol. The van der Waals surface area contributed by atoms with Crippen LogP contribution in [0.3, 0.4) is 0 Å². The molecule has 1 aromatic heterocycles. The van der Waals surface area contributed by atoms with Gasteiger partial charge in [0.25, 0.3) is 0 Å². The minimum atomic E-state index is -0.944. The van der Waals surface area contributed by atoms with Crippen LogP contribution in [0, 0.1) is 0 Å². The van der Waals surface area contributed by atoms with Crippen molar-refractivity contribution in [2.45, 2.75) is 0 Å². The molecule has 0 spiro atoms. The number of fused-ring (bicyclic) bond motifs is 1. The summed E-state index contributed by atoms with van der Waals surface area (Å²) in [5.74, 6) is -0.782. The van der Waals surface area contributed by atoms with Crippen LogP contribution in [0.5, 0.6) is 17.2 Å². The molecule has 0 unspecified atom stereocenters. The predicted octanol–water partition coefficient (Wildman–Crippen LogP) is 1.21. The molecule has 0 amide bonds. The lowest BCUT2D eigenvalue weighted by Gasteiger charge is -2.06. The minimum absolute atomic E-state index is 0.00264. The summed E-state index contributed by atoms with van der Waals surface area (Å²) in [6.45, 7) is 0. The number of phenolic OH excluding ortho intramolecular Hbond substituents is 1. The number of rotatable bonds is 1. The van der Waals surface area contributed by atoms with E-state index in [1.807, 2.05) is 0 Å². The van der Waals surface area contributed by atoms with Crippen LogP contribution in [-0.4, -0.2) is 17.3 Å². The third-order valence-electron chi connectivity index (χ3n) is 2.05. The molecular formula is C10H8O5. The molecule has 2 N–H and O–H groups in total. The van der Waals surface area contributed by atoms with E-state index in [2.05, 4.69) is 0 Å². The van der Waals surface area contributed by atoms with Crippen LogP contribution < -0.4 is 10.4 Å². The fraction of sp³-hybridized carbons (Fsp3) is 0.100. The number of para-hydroxylation sites is 1. The third-order valence-corrected chi connectivity index (χ3v) is 2.05. The van der Waals surface area contributed by atoms with Crippen molar-refractivity contribution in [3.05, 3.63) is 28.6 Å². The van der Waals surface area contributed by atoms with Crippen molar-refractivity contribution in [2.24, 2.45) is 0 Å². The van der Waals surface area contributed by atoms with Crippen molar-refractivity contribution in [3.8, 4) is 17.2 Å².